The minimum absolute atomic E-state index is 0.407. The zero-order chi connectivity index (χ0) is 17.0. The fourth-order valence-corrected chi connectivity index (χ4v) is 3.09. The number of benzene rings is 1. The lowest BCUT2D eigenvalue weighted by Gasteiger charge is -2.31. The number of hydrogen-bond acceptors (Lipinski definition) is 2. The van der Waals surface area contributed by atoms with E-state index in [4.69, 9.17) is 0 Å². The monoisotopic (exact) mass is 328 g/mol. The van der Waals surface area contributed by atoms with Crippen LogP contribution in [0.1, 0.15) is 42.0 Å². The number of aryl methyl sites for hydroxylation is 2. The summed E-state index contributed by atoms with van der Waals surface area (Å²) in [7, 11) is 0. The fourth-order valence-electron chi connectivity index (χ4n) is 3.09. The van der Waals surface area contributed by atoms with Crippen LogP contribution < -0.4 is 5.32 Å². The fraction of sp³-hybridized carbons (Fsp3) is 0.588. The molecule has 2 rings (SSSR count). The number of nitrogens with zero attached hydrogens (tertiary/aromatic N) is 1. The number of rotatable bonds is 4. The highest BCUT2D eigenvalue weighted by Crippen LogP contribution is 2.23. The van der Waals surface area contributed by atoms with Crippen LogP contribution in [0.25, 0.3) is 0 Å². The molecule has 1 aliphatic rings. The van der Waals surface area contributed by atoms with Crippen molar-refractivity contribution in [1.82, 2.24) is 10.2 Å². The molecule has 1 N–H and O–H groups in total. The average Bonchev–Trinajstić information content (AvgIpc) is 2.45. The number of carbonyl (C=O) groups excluding carboxylic acids is 1. The molecule has 1 fully saturated rings. The number of hydrogen-bond donors (Lipinski definition) is 1. The van der Waals surface area contributed by atoms with Crippen LogP contribution in [-0.4, -0.2) is 36.6 Å². The van der Waals surface area contributed by atoms with E-state index < -0.39 is 18.1 Å². The summed E-state index contributed by atoms with van der Waals surface area (Å²) in [5, 5.41) is 2.17. The lowest BCUT2D eigenvalue weighted by Crippen LogP contribution is -2.44. The van der Waals surface area contributed by atoms with Gasteiger partial charge in [0, 0.05) is 6.54 Å². The van der Waals surface area contributed by atoms with Gasteiger partial charge in [-0.15, -0.1) is 0 Å². The van der Waals surface area contributed by atoms with Crippen LogP contribution in [0.15, 0.2) is 18.2 Å². The topological polar surface area (TPSA) is 32.3 Å². The normalized spacial score (nSPS) is 17.8. The highest BCUT2D eigenvalue weighted by Gasteiger charge is 2.40. The zero-order valence-electron chi connectivity index (χ0n) is 13.5. The molecule has 1 aromatic rings. The number of amides is 1. The van der Waals surface area contributed by atoms with E-state index >= 15 is 0 Å². The minimum atomic E-state index is -4.86. The second kappa shape index (κ2) is 7.34. The van der Waals surface area contributed by atoms with E-state index in [-0.39, 0.29) is 0 Å². The second-order valence-electron chi connectivity index (χ2n) is 6.31. The zero-order valence-corrected chi connectivity index (χ0v) is 13.5. The Kier molecular flexibility index (Phi) is 5.68. The summed E-state index contributed by atoms with van der Waals surface area (Å²) in [6.45, 7) is 5.94. The maximum atomic E-state index is 12.6. The van der Waals surface area contributed by atoms with E-state index in [1.165, 1.54) is 0 Å². The third-order valence-electron chi connectivity index (χ3n) is 4.10. The molecule has 128 valence electrons. The molecular formula is C17H23F3N2O. The van der Waals surface area contributed by atoms with Crippen LogP contribution in [-0.2, 0) is 4.79 Å². The first-order chi connectivity index (χ1) is 10.8. The Balaban J connectivity index is 2.20. The Labute approximate surface area is 134 Å². The van der Waals surface area contributed by atoms with Crippen molar-refractivity contribution in [3.63, 3.8) is 0 Å². The van der Waals surface area contributed by atoms with Crippen LogP contribution in [0.5, 0.6) is 0 Å². The molecule has 0 unspecified atom stereocenters. The molecule has 1 amide bonds. The maximum absolute atomic E-state index is 12.6. The van der Waals surface area contributed by atoms with E-state index in [1.54, 1.807) is 0 Å². The van der Waals surface area contributed by atoms with Gasteiger partial charge in [-0.25, -0.2) is 0 Å². The molecular weight excluding hydrogens is 305 g/mol. The minimum Gasteiger partial charge on any atom is -0.340 e. The molecule has 0 saturated carbocycles. The predicted octanol–water partition coefficient (Wildman–Crippen LogP) is 3.51. The van der Waals surface area contributed by atoms with Crippen molar-refractivity contribution in [3.05, 3.63) is 34.9 Å². The van der Waals surface area contributed by atoms with Gasteiger partial charge < -0.3 is 10.2 Å². The third kappa shape index (κ3) is 5.23. The number of likely N-dealkylation sites (tertiary alicyclic amines) is 1. The van der Waals surface area contributed by atoms with Crippen LogP contribution in [0.2, 0.25) is 0 Å². The van der Waals surface area contributed by atoms with Gasteiger partial charge in [-0.05, 0) is 45.3 Å². The molecule has 1 saturated heterocycles. The second-order valence-corrected chi connectivity index (χ2v) is 6.31. The van der Waals surface area contributed by atoms with Crippen molar-refractivity contribution >= 4 is 5.91 Å². The Morgan fingerprint density at radius 3 is 2.22 bits per heavy atom. The Bertz CT molecular complexity index is 531. The SMILES string of the molecule is Cc1cc(C)cc([C@H](CN2CCCCC2)NC(=O)C(F)(F)F)c1. The van der Waals surface area contributed by atoms with E-state index in [0.29, 0.717) is 6.54 Å². The number of carbonyl (C=O) groups is 1. The van der Waals surface area contributed by atoms with E-state index in [9.17, 15) is 18.0 Å². The number of alkyl halides is 3. The smallest absolute Gasteiger partial charge is 0.340 e. The van der Waals surface area contributed by atoms with Crippen molar-refractivity contribution in [2.45, 2.75) is 45.3 Å². The van der Waals surface area contributed by atoms with Crippen molar-refractivity contribution in [1.29, 1.82) is 0 Å². The molecule has 6 heteroatoms. The molecule has 0 aliphatic carbocycles. The number of nitrogens with one attached hydrogen (secondary N) is 1. The standard InChI is InChI=1S/C17H23F3N2O/c1-12-8-13(2)10-14(9-12)15(21-16(23)17(18,19)20)11-22-6-4-3-5-7-22/h8-10,15H,3-7,11H2,1-2H3,(H,21,23)/t15-/m0/s1. The van der Waals surface area contributed by atoms with Crippen molar-refractivity contribution in [3.8, 4) is 0 Å². The Morgan fingerprint density at radius 1 is 1.13 bits per heavy atom. The van der Waals surface area contributed by atoms with Gasteiger partial charge >= 0.3 is 12.1 Å². The molecule has 0 spiro atoms. The molecule has 3 nitrogen and oxygen atoms in total. The quantitative estimate of drug-likeness (QED) is 0.917. The lowest BCUT2D eigenvalue weighted by atomic mass is 10.00. The van der Waals surface area contributed by atoms with Crippen LogP contribution in [0, 0.1) is 13.8 Å². The first-order valence-corrected chi connectivity index (χ1v) is 7.94. The van der Waals surface area contributed by atoms with Crippen LogP contribution >= 0.6 is 0 Å². The van der Waals surface area contributed by atoms with E-state index in [0.717, 1.165) is 49.0 Å². The molecule has 1 heterocycles. The Morgan fingerprint density at radius 2 is 1.70 bits per heavy atom. The third-order valence-corrected chi connectivity index (χ3v) is 4.10. The summed E-state index contributed by atoms with van der Waals surface area (Å²) in [6.07, 6.45) is -1.61. The Hall–Kier alpha value is -1.56. The largest absolute Gasteiger partial charge is 0.471 e. The summed E-state index contributed by atoms with van der Waals surface area (Å²) in [5.74, 6) is -1.88. The molecule has 23 heavy (non-hydrogen) atoms. The average molecular weight is 328 g/mol. The first kappa shape index (κ1) is 17.8. The van der Waals surface area contributed by atoms with Gasteiger partial charge in [-0.1, -0.05) is 35.7 Å². The van der Waals surface area contributed by atoms with Crippen LogP contribution in [0.3, 0.4) is 0 Å². The van der Waals surface area contributed by atoms with E-state index in [1.807, 2.05) is 32.0 Å². The molecule has 0 radical (unpaired) electrons. The van der Waals surface area contributed by atoms with Gasteiger partial charge in [0.25, 0.3) is 0 Å². The maximum Gasteiger partial charge on any atom is 0.471 e. The summed E-state index contributed by atoms with van der Waals surface area (Å²) >= 11 is 0. The number of halogens is 3. The van der Waals surface area contributed by atoms with Gasteiger partial charge in [0.1, 0.15) is 0 Å². The number of piperidine rings is 1. The van der Waals surface area contributed by atoms with Crippen molar-refractivity contribution < 1.29 is 18.0 Å². The highest BCUT2D eigenvalue weighted by atomic mass is 19.4. The van der Waals surface area contributed by atoms with Crippen LogP contribution in [0.4, 0.5) is 13.2 Å². The summed E-state index contributed by atoms with van der Waals surface area (Å²) < 4.78 is 37.9. The molecule has 1 aliphatic heterocycles. The molecule has 1 aromatic carbocycles. The summed E-state index contributed by atoms with van der Waals surface area (Å²) in [4.78, 5) is 13.5. The summed E-state index contributed by atoms with van der Waals surface area (Å²) in [5.41, 5.74) is 2.68. The van der Waals surface area contributed by atoms with Gasteiger partial charge in [0.05, 0.1) is 6.04 Å². The summed E-state index contributed by atoms with van der Waals surface area (Å²) in [6, 6.07) is 5.00. The highest BCUT2D eigenvalue weighted by molar-refractivity contribution is 5.82. The molecule has 1 atom stereocenters. The van der Waals surface area contributed by atoms with E-state index in [2.05, 4.69) is 10.2 Å². The van der Waals surface area contributed by atoms with Gasteiger partial charge in [0.2, 0.25) is 0 Å². The van der Waals surface area contributed by atoms with Gasteiger partial charge in [-0.3, -0.25) is 4.79 Å². The van der Waals surface area contributed by atoms with Crippen molar-refractivity contribution in [2.24, 2.45) is 0 Å². The van der Waals surface area contributed by atoms with Gasteiger partial charge in [-0.2, -0.15) is 13.2 Å². The molecule has 0 bridgehead atoms. The van der Waals surface area contributed by atoms with Gasteiger partial charge in [0.15, 0.2) is 0 Å². The first-order valence-electron chi connectivity index (χ1n) is 7.94. The predicted molar refractivity (Wildman–Crippen MR) is 83.1 cm³/mol. The molecule has 0 aromatic heterocycles. The van der Waals surface area contributed by atoms with Crippen molar-refractivity contribution in [2.75, 3.05) is 19.6 Å². The lowest BCUT2D eigenvalue weighted by molar-refractivity contribution is -0.174.